The van der Waals surface area contributed by atoms with E-state index in [0.29, 0.717) is 5.82 Å². The highest BCUT2D eigenvalue weighted by Gasteiger charge is 2.22. The molecule has 0 amide bonds. The van der Waals surface area contributed by atoms with Gasteiger partial charge in [0, 0.05) is 57.7 Å². The number of fused-ring (bicyclic) bond motifs is 2. The van der Waals surface area contributed by atoms with Crippen LogP contribution in [0.15, 0.2) is 243 Å². The van der Waals surface area contributed by atoms with E-state index in [2.05, 4.69) is 237 Å². The fraction of sp³-hybridized carbons (Fsp3) is 0. The van der Waals surface area contributed by atoms with E-state index in [-0.39, 0.29) is 0 Å². The molecule has 2 nitrogen and oxygen atoms in total. The summed E-state index contributed by atoms with van der Waals surface area (Å²) in [4.78, 5) is 13.1. The zero-order valence-corrected chi connectivity index (χ0v) is 37.4. The summed E-state index contributed by atoms with van der Waals surface area (Å²) in [6, 6.07) is 87.0. The van der Waals surface area contributed by atoms with E-state index in [4.69, 9.17) is 9.97 Å². The molecule has 0 fully saturated rings. The molecule has 0 aliphatic rings. The van der Waals surface area contributed by atoms with Gasteiger partial charge in [0.25, 0.3) is 0 Å². The van der Waals surface area contributed by atoms with Crippen LogP contribution in [-0.4, -0.2) is 9.97 Å². The van der Waals surface area contributed by atoms with Crippen LogP contribution < -0.4 is 0 Å². The maximum Gasteiger partial charge on any atom is 0.160 e. The van der Waals surface area contributed by atoms with Gasteiger partial charge in [0.1, 0.15) is 0 Å². The average Bonchev–Trinajstić information content (AvgIpc) is 4.00. The molecule has 0 aliphatic heterocycles. The van der Waals surface area contributed by atoms with Crippen molar-refractivity contribution in [2.45, 2.75) is 0 Å². The van der Waals surface area contributed by atoms with Crippen LogP contribution in [0.5, 0.6) is 0 Å². The molecule has 9 aromatic carbocycles. The van der Waals surface area contributed by atoms with Crippen LogP contribution in [0.1, 0.15) is 0 Å². The highest BCUT2D eigenvalue weighted by Crippen LogP contribution is 2.51. The second kappa shape index (κ2) is 17.2. The molecule has 12 rings (SSSR count). The topological polar surface area (TPSA) is 25.8 Å². The van der Waals surface area contributed by atoms with E-state index in [0.717, 1.165) is 39.2 Å². The Kier molecular flexibility index (Phi) is 10.3. The van der Waals surface area contributed by atoms with Gasteiger partial charge in [-0.1, -0.05) is 218 Å². The van der Waals surface area contributed by atoms with E-state index in [9.17, 15) is 0 Å². The molecule has 0 aliphatic carbocycles. The van der Waals surface area contributed by atoms with Crippen molar-refractivity contribution in [3.63, 3.8) is 0 Å². The number of hydrogen-bond donors (Lipinski definition) is 0. The molecular formula is C62H40N2S2. The zero-order chi connectivity index (χ0) is 43.8. The Bertz CT molecular complexity index is 3420. The van der Waals surface area contributed by atoms with Crippen molar-refractivity contribution in [2.24, 2.45) is 0 Å². The van der Waals surface area contributed by atoms with Gasteiger partial charge in [-0.3, -0.25) is 0 Å². The number of rotatable bonds is 9. The summed E-state index contributed by atoms with van der Waals surface area (Å²) in [5.74, 6) is 0.694. The lowest BCUT2D eigenvalue weighted by Gasteiger charge is -2.14. The van der Waals surface area contributed by atoms with Crippen molar-refractivity contribution in [3.8, 4) is 99.3 Å². The van der Waals surface area contributed by atoms with E-state index >= 15 is 0 Å². The molecule has 0 unspecified atom stereocenters. The van der Waals surface area contributed by atoms with Crippen molar-refractivity contribution in [2.75, 3.05) is 0 Å². The summed E-state index contributed by atoms with van der Waals surface area (Å²) < 4.78 is 2.51. The Labute approximate surface area is 392 Å². The minimum Gasteiger partial charge on any atom is -0.228 e. The average molecular weight is 877 g/mol. The monoisotopic (exact) mass is 876 g/mol. The lowest BCUT2D eigenvalue weighted by Crippen LogP contribution is -1.96. The normalized spacial score (nSPS) is 11.3. The lowest BCUT2D eigenvalue weighted by molar-refractivity contribution is 1.18. The first kappa shape index (κ1) is 39.6. The Morgan fingerprint density at radius 2 is 0.606 bits per heavy atom. The summed E-state index contributed by atoms with van der Waals surface area (Å²) in [6.45, 7) is 0. The van der Waals surface area contributed by atoms with Crippen LogP contribution in [0.25, 0.3) is 119 Å². The van der Waals surface area contributed by atoms with Crippen molar-refractivity contribution in [1.29, 1.82) is 0 Å². The third kappa shape index (κ3) is 7.33. The molecule has 310 valence electrons. The largest absolute Gasteiger partial charge is 0.228 e. The molecule has 0 N–H and O–H groups in total. The van der Waals surface area contributed by atoms with Gasteiger partial charge in [0.2, 0.25) is 0 Å². The summed E-state index contributed by atoms with van der Waals surface area (Å²) in [5, 5.41) is 2.49. The molecule has 4 heteroatoms. The van der Waals surface area contributed by atoms with Gasteiger partial charge in [-0.05, 0) is 68.8 Å². The molecule has 0 saturated heterocycles. The van der Waals surface area contributed by atoms with Crippen molar-refractivity contribution in [1.82, 2.24) is 9.97 Å². The lowest BCUT2D eigenvalue weighted by atomic mass is 9.91. The third-order valence-electron chi connectivity index (χ3n) is 12.3. The first-order valence-corrected chi connectivity index (χ1v) is 23.9. The van der Waals surface area contributed by atoms with Gasteiger partial charge >= 0.3 is 0 Å². The molecule has 3 aromatic heterocycles. The number of aromatic nitrogens is 2. The van der Waals surface area contributed by atoms with Crippen LogP contribution >= 0.6 is 22.7 Å². The van der Waals surface area contributed by atoms with Gasteiger partial charge < -0.3 is 0 Å². The summed E-state index contributed by atoms with van der Waals surface area (Å²) in [7, 11) is 0. The molecule has 0 spiro atoms. The van der Waals surface area contributed by atoms with E-state index in [1.54, 1.807) is 0 Å². The van der Waals surface area contributed by atoms with Crippen LogP contribution in [0.4, 0.5) is 0 Å². The third-order valence-corrected chi connectivity index (χ3v) is 14.9. The van der Waals surface area contributed by atoms with Crippen LogP contribution in [-0.2, 0) is 0 Å². The van der Waals surface area contributed by atoms with E-state index < -0.39 is 0 Å². The van der Waals surface area contributed by atoms with Crippen molar-refractivity contribution < 1.29 is 0 Å². The van der Waals surface area contributed by atoms with Gasteiger partial charge in [0.15, 0.2) is 5.82 Å². The zero-order valence-electron chi connectivity index (χ0n) is 35.8. The fourth-order valence-electron chi connectivity index (χ4n) is 9.22. The molecule has 0 saturated carbocycles. The van der Waals surface area contributed by atoms with Crippen LogP contribution in [0.2, 0.25) is 0 Å². The van der Waals surface area contributed by atoms with Gasteiger partial charge in [-0.15, -0.1) is 22.7 Å². The van der Waals surface area contributed by atoms with Gasteiger partial charge in [-0.2, -0.15) is 0 Å². The molecule has 0 bridgehead atoms. The number of thiophene rings is 2. The van der Waals surface area contributed by atoms with Crippen LogP contribution in [0.3, 0.4) is 0 Å². The summed E-state index contributed by atoms with van der Waals surface area (Å²) in [6.07, 6.45) is 0. The number of nitrogens with zero attached hydrogens (tertiary/aromatic N) is 2. The number of hydrogen-bond acceptors (Lipinski definition) is 4. The smallest absolute Gasteiger partial charge is 0.160 e. The minimum absolute atomic E-state index is 0.694. The highest BCUT2D eigenvalue weighted by atomic mass is 32.1. The second-order valence-corrected chi connectivity index (χ2v) is 18.5. The number of benzene rings is 9. The molecule has 12 aromatic rings. The molecule has 0 atom stereocenters. The molecule has 66 heavy (non-hydrogen) atoms. The summed E-state index contributed by atoms with van der Waals surface area (Å²) >= 11 is 3.75. The predicted molar refractivity (Wildman–Crippen MR) is 282 cm³/mol. The first-order valence-electron chi connectivity index (χ1n) is 22.2. The standard InChI is InChI=1S/C62H40N2S2/c1-7-21-41(22-8-1)54-40-55(64-62(63-54)46-31-17-6-18-32-46)49-38-47(50-33-19-35-52-56(42-23-9-2-10-24-42)58(65-60(50)52)44-27-13-4-14-28-44)37-48(39-49)51-34-20-36-53-57(43-25-11-3-12-26-43)59(66-61(51)53)45-29-15-5-16-30-45/h1-40H. The van der Waals surface area contributed by atoms with E-state index in [1.807, 2.05) is 28.7 Å². The van der Waals surface area contributed by atoms with Crippen molar-refractivity contribution in [3.05, 3.63) is 243 Å². The van der Waals surface area contributed by atoms with Gasteiger partial charge in [-0.25, -0.2) is 9.97 Å². The quantitative estimate of drug-likeness (QED) is 0.144. The SMILES string of the molecule is c1ccc(-c2cc(-c3cc(-c4cccc5c(-c6ccccc6)c(-c6ccccc6)sc45)cc(-c4cccc5c(-c6ccccc6)c(-c6ccccc6)sc45)c3)nc(-c3ccccc3)n2)cc1. The Hall–Kier alpha value is -8.02. The molecular weight excluding hydrogens is 837 g/mol. The van der Waals surface area contributed by atoms with Crippen molar-refractivity contribution >= 4 is 42.8 Å². The fourth-order valence-corrected chi connectivity index (χ4v) is 11.9. The second-order valence-electron chi connectivity index (χ2n) is 16.4. The predicted octanol–water partition coefficient (Wildman–Crippen LogP) is 17.9. The highest BCUT2D eigenvalue weighted by molar-refractivity contribution is 7.24. The van der Waals surface area contributed by atoms with Gasteiger partial charge in [0.05, 0.1) is 11.4 Å². The molecule has 0 radical (unpaired) electrons. The Balaban J connectivity index is 1.14. The maximum absolute atomic E-state index is 5.38. The Morgan fingerprint density at radius 1 is 0.258 bits per heavy atom. The Morgan fingerprint density at radius 3 is 1.03 bits per heavy atom. The summed E-state index contributed by atoms with van der Waals surface area (Å²) in [5.41, 5.74) is 16.8. The van der Waals surface area contributed by atoms with E-state index in [1.165, 1.54) is 74.4 Å². The molecule has 3 heterocycles. The van der Waals surface area contributed by atoms with Crippen LogP contribution in [0, 0.1) is 0 Å². The maximum atomic E-state index is 5.38. The first-order chi connectivity index (χ1) is 32.7. The minimum atomic E-state index is 0.694.